The van der Waals surface area contributed by atoms with Gasteiger partial charge < -0.3 is 20.4 Å². The minimum atomic E-state index is -0.00589. The van der Waals surface area contributed by atoms with Crippen molar-refractivity contribution in [3.05, 3.63) is 0 Å². The number of piperidine rings is 1. The lowest BCUT2D eigenvalue weighted by molar-refractivity contribution is -0.134. The summed E-state index contributed by atoms with van der Waals surface area (Å²) in [5.74, 6) is 0.199. The third kappa shape index (κ3) is 5.93. The van der Waals surface area contributed by atoms with E-state index in [9.17, 15) is 4.79 Å². The summed E-state index contributed by atoms with van der Waals surface area (Å²) in [6.07, 6.45) is 4.36. The standard InChI is InChI=1S/C16H34N4O/c1-5-6-14(13-17)16(21)20(4)12-11-19(3)15-7-9-18(2)10-8-15/h14-15H,5-13,17H2,1-4H3. The maximum Gasteiger partial charge on any atom is 0.226 e. The Balaban J connectivity index is 2.34. The third-order valence-electron chi connectivity index (χ3n) is 4.75. The van der Waals surface area contributed by atoms with Crippen molar-refractivity contribution >= 4 is 5.91 Å². The Hall–Kier alpha value is -0.650. The Morgan fingerprint density at radius 2 is 1.90 bits per heavy atom. The van der Waals surface area contributed by atoms with E-state index in [2.05, 4.69) is 30.8 Å². The number of hydrogen-bond donors (Lipinski definition) is 1. The van der Waals surface area contributed by atoms with Crippen molar-refractivity contribution in [3.63, 3.8) is 0 Å². The van der Waals surface area contributed by atoms with Crippen LogP contribution in [0.4, 0.5) is 0 Å². The van der Waals surface area contributed by atoms with Gasteiger partial charge in [-0.05, 0) is 46.4 Å². The summed E-state index contributed by atoms with van der Waals surface area (Å²) in [6.45, 7) is 6.65. The SMILES string of the molecule is CCCC(CN)C(=O)N(C)CCN(C)C1CCN(C)CC1. The normalized spacial score (nSPS) is 19.0. The van der Waals surface area contributed by atoms with Gasteiger partial charge in [0, 0.05) is 32.7 Å². The van der Waals surface area contributed by atoms with Crippen molar-refractivity contribution in [2.75, 3.05) is 53.9 Å². The summed E-state index contributed by atoms with van der Waals surface area (Å²) in [5, 5.41) is 0. The zero-order valence-electron chi connectivity index (χ0n) is 14.3. The van der Waals surface area contributed by atoms with Gasteiger partial charge in [0.05, 0.1) is 5.92 Å². The molecule has 1 aliphatic heterocycles. The zero-order chi connectivity index (χ0) is 15.8. The van der Waals surface area contributed by atoms with E-state index in [4.69, 9.17) is 5.73 Å². The highest BCUT2D eigenvalue weighted by atomic mass is 16.2. The first-order valence-corrected chi connectivity index (χ1v) is 8.33. The van der Waals surface area contributed by atoms with Crippen LogP contribution in [0.3, 0.4) is 0 Å². The molecule has 0 spiro atoms. The number of rotatable bonds is 8. The Labute approximate surface area is 130 Å². The molecular weight excluding hydrogens is 264 g/mol. The van der Waals surface area contributed by atoms with Gasteiger partial charge in [0.2, 0.25) is 5.91 Å². The van der Waals surface area contributed by atoms with Gasteiger partial charge in [-0.2, -0.15) is 0 Å². The molecule has 1 aliphatic rings. The lowest BCUT2D eigenvalue weighted by atomic mass is 10.0. The van der Waals surface area contributed by atoms with Gasteiger partial charge in [-0.3, -0.25) is 4.79 Å². The third-order valence-corrected chi connectivity index (χ3v) is 4.75. The molecule has 0 saturated carbocycles. The van der Waals surface area contributed by atoms with Crippen molar-refractivity contribution in [3.8, 4) is 0 Å². The highest BCUT2D eigenvalue weighted by Crippen LogP contribution is 2.14. The van der Waals surface area contributed by atoms with Gasteiger partial charge in [0.25, 0.3) is 0 Å². The van der Waals surface area contributed by atoms with Crippen LogP contribution in [-0.2, 0) is 4.79 Å². The van der Waals surface area contributed by atoms with Gasteiger partial charge in [-0.15, -0.1) is 0 Å². The smallest absolute Gasteiger partial charge is 0.226 e. The van der Waals surface area contributed by atoms with Crippen LogP contribution in [0.1, 0.15) is 32.6 Å². The summed E-state index contributed by atoms with van der Waals surface area (Å²) >= 11 is 0. The summed E-state index contributed by atoms with van der Waals surface area (Å²) in [5.41, 5.74) is 5.72. The van der Waals surface area contributed by atoms with Crippen molar-refractivity contribution in [2.24, 2.45) is 11.7 Å². The fourth-order valence-electron chi connectivity index (χ4n) is 3.04. The number of likely N-dealkylation sites (N-methyl/N-ethyl adjacent to an activating group) is 2. The van der Waals surface area contributed by atoms with Crippen LogP contribution < -0.4 is 5.73 Å². The van der Waals surface area contributed by atoms with E-state index in [1.165, 1.54) is 25.9 Å². The number of nitrogens with zero attached hydrogens (tertiary/aromatic N) is 3. The zero-order valence-corrected chi connectivity index (χ0v) is 14.3. The minimum Gasteiger partial charge on any atom is -0.344 e. The summed E-state index contributed by atoms with van der Waals surface area (Å²) < 4.78 is 0. The molecule has 1 fully saturated rings. The molecule has 5 nitrogen and oxygen atoms in total. The van der Waals surface area contributed by atoms with E-state index >= 15 is 0 Å². The number of hydrogen-bond acceptors (Lipinski definition) is 4. The molecule has 21 heavy (non-hydrogen) atoms. The molecule has 1 atom stereocenters. The molecule has 0 radical (unpaired) electrons. The average molecular weight is 298 g/mol. The highest BCUT2D eigenvalue weighted by molar-refractivity contribution is 5.78. The molecule has 5 heteroatoms. The van der Waals surface area contributed by atoms with E-state index in [0.29, 0.717) is 12.6 Å². The first kappa shape index (κ1) is 18.4. The van der Waals surface area contributed by atoms with Crippen LogP contribution in [0, 0.1) is 5.92 Å². The van der Waals surface area contributed by atoms with Gasteiger partial charge >= 0.3 is 0 Å². The lowest BCUT2D eigenvalue weighted by Crippen LogP contribution is -2.45. The number of carbonyl (C=O) groups excluding carboxylic acids is 1. The van der Waals surface area contributed by atoms with Crippen LogP contribution in [0.15, 0.2) is 0 Å². The molecule has 1 unspecified atom stereocenters. The predicted molar refractivity (Wildman–Crippen MR) is 88.2 cm³/mol. The summed E-state index contributed by atoms with van der Waals surface area (Å²) in [6, 6.07) is 0.658. The Kier molecular flexibility index (Phi) is 8.22. The first-order chi connectivity index (χ1) is 9.99. The van der Waals surface area contributed by atoms with Crippen LogP contribution in [-0.4, -0.2) is 80.5 Å². The number of amides is 1. The number of carbonyl (C=O) groups is 1. The van der Waals surface area contributed by atoms with Crippen molar-refractivity contribution < 1.29 is 4.79 Å². The van der Waals surface area contributed by atoms with Gasteiger partial charge in [0.1, 0.15) is 0 Å². The van der Waals surface area contributed by atoms with Crippen molar-refractivity contribution in [1.82, 2.24) is 14.7 Å². The van der Waals surface area contributed by atoms with Crippen LogP contribution in [0.25, 0.3) is 0 Å². The molecule has 1 saturated heterocycles. The fourth-order valence-corrected chi connectivity index (χ4v) is 3.04. The molecule has 0 aromatic heterocycles. The fraction of sp³-hybridized carbons (Fsp3) is 0.938. The van der Waals surface area contributed by atoms with Crippen molar-refractivity contribution in [1.29, 1.82) is 0 Å². The lowest BCUT2D eigenvalue weighted by Gasteiger charge is -2.36. The minimum absolute atomic E-state index is 0.00589. The van der Waals surface area contributed by atoms with E-state index in [0.717, 1.165) is 25.9 Å². The monoisotopic (exact) mass is 298 g/mol. The van der Waals surface area contributed by atoms with Crippen molar-refractivity contribution in [2.45, 2.75) is 38.6 Å². The topological polar surface area (TPSA) is 52.8 Å². The molecule has 1 rings (SSSR count). The quantitative estimate of drug-likeness (QED) is 0.722. The molecule has 124 valence electrons. The molecule has 1 heterocycles. The maximum absolute atomic E-state index is 12.3. The van der Waals surface area contributed by atoms with Gasteiger partial charge in [-0.25, -0.2) is 0 Å². The van der Waals surface area contributed by atoms with E-state index < -0.39 is 0 Å². The molecule has 2 N–H and O–H groups in total. The largest absolute Gasteiger partial charge is 0.344 e. The predicted octanol–water partition coefficient (Wildman–Crippen LogP) is 0.846. The molecule has 1 amide bonds. The molecule has 0 aliphatic carbocycles. The highest BCUT2D eigenvalue weighted by Gasteiger charge is 2.23. The second-order valence-electron chi connectivity index (χ2n) is 6.50. The second-order valence-corrected chi connectivity index (χ2v) is 6.50. The maximum atomic E-state index is 12.3. The van der Waals surface area contributed by atoms with E-state index in [-0.39, 0.29) is 11.8 Å². The van der Waals surface area contributed by atoms with Crippen LogP contribution in [0.2, 0.25) is 0 Å². The second kappa shape index (κ2) is 9.38. The molecular formula is C16H34N4O. The Morgan fingerprint density at radius 1 is 1.29 bits per heavy atom. The first-order valence-electron chi connectivity index (χ1n) is 8.33. The molecule has 0 aromatic rings. The van der Waals surface area contributed by atoms with E-state index in [1.54, 1.807) is 0 Å². The number of likely N-dealkylation sites (tertiary alicyclic amines) is 1. The van der Waals surface area contributed by atoms with E-state index in [1.807, 2.05) is 11.9 Å². The van der Waals surface area contributed by atoms with Crippen LogP contribution in [0.5, 0.6) is 0 Å². The number of nitrogens with two attached hydrogens (primary N) is 1. The Bertz CT molecular complexity index is 303. The van der Waals surface area contributed by atoms with Gasteiger partial charge in [0.15, 0.2) is 0 Å². The molecule has 0 aromatic carbocycles. The van der Waals surface area contributed by atoms with Crippen LogP contribution >= 0.6 is 0 Å². The Morgan fingerprint density at radius 3 is 2.43 bits per heavy atom. The average Bonchev–Trinajstić information content (AvgIpc) is 2.49. The summed E-state index contributed by atoms with van der Waals surface area (Å²) in [7, 11) is 6.27. The molecule has 0 bridgehead atoms. The van der Waals surface area contributed by atoms with Gasteiger partial charge in [-0.1, -0.05) is 13.3 Å². The summed E-state index contributed by atoms with van der Waals surface area (Å²) in [4.78, 5) is 19.0.